The first-order valence-electron chi connectivity index (χ1n) is 3.45. The molecule has 0 rings (SSSR count). The Hall–Kier alpha value is -0.750. The van der Waals surface area contributed by atoms with Crippen molar-refractivity contribution in [2.45, 2.75) is 30.9 Å². The number of rotatable bonds is 5. The van der Waals surface area contributed by atoms with Crippen molar-refractivity contribution < 1.29 is 30.7 Å². The Morgan fingerprint density at radius 3 is 1.79 bits per heavy atom. The van der Waals surface area contributed by atoms with Gasteiger partial charge in [0.15, 0.2) is 0 Å². The van der Waals surface area contributed by atoms with Crippen molar-refractivity contribution in [1.82, 2.24) is 0 Å². The molecule has 1 unspecified atom stereocenters. The quantitative estimate of drug-likeness (QED) is 0.495. The van der Waals surface area contributed by atoms with Crippen LogP contribution in [-0.2, 0) is 0 Å². The maximum Gasteiger partial charge on any atom is 0.302 e. The zero-order valence-electron chi connectivity index (χ0n) is 6.79. The van der Waals surface area contributed by atoms with Gasteiger partial charge in [-0.3, -0.25) is 0 Å². The van der Waals surface area contributed by atoms with Crippen LogP contribution in [0.2, 0.25) is 0 Å². The van der Waals surface area contributed by atoms with Crippen LogP contribution in [0.3, 0.4) is 0 Å². The lowest BCUT2D eigenvalue weighted by Gasteiger charge is -2.24. The van der Waals surface area contributed by atoms with Crippen LogP contribution in [0.15, 0.2) is 12.7 Å². The molecule has 0 heterocycles. The SMILES string of the molecule is C=CC(F)(F)C(F)C(F)(F)CC(F)F. The molecule has 0 amide bonds. The summed E-state index contributed by atoms with van der Waals surface area (Å²) in [6.45, 7) is 2.44. The molecular weight excluding hydrogens is 217 g/mol. The van der Waals surface area contributed by atoms with Crippen LogP contribution in [0.5, 0.6) is 0 Å². The molecule has 0 saturated heterocycles. The van der Waals surface area contributed by atoms with Gasteiger partial charge in [0.05, 0.1) is 6.42 Å². The Kier molecular flexibility index (Phi) is 3.96. The maximum atomic E-state index is 12.4. The second kappa shape index (κ2) is 4.18. The first kappa shape index (κ1) is 13.2. The minimum absolute atomic E-state index is 0.336. The van der Waals surface area contributed by atoms with Crippen molar-refractivity contribution in [3.05, 3.63) is 12.7 Å². The predicted octanol–water partition coefficient (Wildman–Crippen LogP) is 3.44. The van der Waals surface area contributed by atoms with Gasteiger partial charge in [0.2, 0.25) is 12.6 Å². The molecule has 0 aromatic heterocycles. The van der Waals surface area contributed by atoms with Gasteiger partial charge in [0, 0.05) is 0 Å². The normalized spacial score (nSPS) is 15.7. The Morgan fingerprint density at radius 2 is 1.50 bits per heavy atom. The average molecular weight is 224 g/mol. The van der Waals surface area contributed by atoms with Crippen LogP contribution in [0.25, 0.3) is 0 Å². The molecular formula is C7H7F7. The highest BCUT2D eigenvalue weighted by molar-refractivity contribution is 4.99. The third-order valence-corrected chi connectivity index (χ3v) is 1.41. The average Bonchev–Trinajstić information content (AvgIpc) is 2.00. The molecule has 0 aliphatic heterocycles. The zero-order valence-corrected chi connectivity index (χ0v) is 6.79. The van der Waals surface area contributed by atoms with Crippen molar-refractivity contribution in [2.75, 3.05) is 0 Å². The first-order valence-corrected chi connectivity index (χ1v) is 3.45. The van der Waals surface area contributed by atoms with Crippen LogP contribution >= 0.6 is 0 Å². The van der Waals surface area contributed by atoms with Gasteiger partial charge in [0.1, 0.15) is 0 Å². The lowest BCUT2D eigenvalue weighted by molar-refractivity contribution is -0.175. The first-order chi connectivity index (χ1) is 6.13. The van der Waals surface area contributed by atoms with Crippen molar-refractivity contribution in [2.24, 2.45) is 0 Å². The number of allylic oxidation sites excluding steroid dienone is 1. The van der Waals surface area contributed by atoms with Gasteiger partial charge < -0.3 is 0 Å². The third kappa shape index (κ3) is 3.19. The van der Waals surface area contributed by atoms with Crippen molar-refractivity contribution in [3.8, 4) is 0 Å². The third-order valence-electron chi connectivity index (χ3n) is 1.41. The van der Waals surface area contributed by atoms with E-state index in [-0.39, 0.29) is 6.08 Å². The fraction of sp³-hybridized carbons (Fsp3) is 0.714. The molecule has 0 aromatic rings. The molecule has 0 bridgehead atoms. The molecule has 0 spiro atoms. The van der Waals surface area contributed by atoms with E-state index in [0.29, 0.717) is 0 Å². The van der Waals surface area contributed by atoms with E-state index in [1.807, 2.05) is 0 Å². The summed E-state index contributed by atoms with van der Waals surface area (Å²) >= 11 is 0. The van der Waals surface area contributed by atoms with Gasteiger partial charge in [-0.2, -0.15) is 8.78 Å². The van der Waals surface area contributed by atoms with E-state index in [4.69, 9.17) is 0 Å². The lowest BCUT2D eigenvalue weighted by atomic mass is 10.1. The smallest absolute Gasteiger partial charge is 0.234 e. The molecule has 14 heavy (non-hydrogen) atoms. The van der Waals surface area contributed by atoms with Gasteiger partial charge in [0.25, 0.3) is 5.92 Å². The standard InChI is InChI=1S/C7H7F7/c1-2-6(11,12)5(10)7(13,14)3-4(8)9/h2,4-5H,1,3H2. The van der Waals surface area contributed by atoms with E-state index in [1.54, 1.807) is 0 Å². The molecule has 0 aliphatic rings. The monoisotopic (exact) mass is 224 g/mol. The van der Waals surface area contributed by atoms with Crippen LogP contribution in [-0.4, -0.2) is 24.4 Å². The van der Waals surface area contributed by atoms with Gasteiger partial charge in [-0.25, -0.2) is 22.0 Å². The number of hydrogen-bond donors (Lipinski definition) is 0. The summed E-state index contributed by atoms with van der Waals surface area (Å²) < 4.78 is 84.6. The molecule has 1 atom stereocenters. The molecule has 0 radical (unpaired) electrons. The fourth-order valence-corrected chi connectivity index (χ4v) is 0.694. The molecule has 0 N–H and O–H groups in total. The molecule has 7 heteroatoms. The van der Waals surface area contributed by atoms with Crippen LogP contribution in [0, 0.1) is 0 Å². The Labute approximate surface area is 75.4 Å². The van der Waals surface area contributed by atoms with E-state index in [1.165, 1.54) is 0 Å². The summed E-state index contributed by atoms with van der Waals surface area (Å²) in [4.78, 5) is 0. The number of halogens is 7. The molecule has 0 nitrogen and oxygen atoms in total. The topological polar surface area (TPSA) is 0 Å². The van der Waals surface area contributed by atoms with Crippen molar-refractivity contribution in [3.63, 3.8) is 0 Å². The Balaban J connectivity index is 4.65. The van der Waals surface area contributed by atoms with E-state index < -0.39 is 30.9 Å². The molecule has 0 fully saturated rings. The summed E-state index contributed by atoms with van der Waals surface area (Å²) in [5.41, 5.74) is 0. The summed E-state index contributed by atoms with van der Waals surface area (Å²) in [6.07, 6.45) is -10.1. The van der Waals surface area contributed by atoms with Gasteiger partial charge in [-0.05, 0) is 6.08 Å². The second-order valence-electron chi connectivity index (χ2n) is 2.60. The van der Waals surface area contributed by atoms with Crippen molar-refractivity contribution >= 4 is 0 Å². The van der Waals surface area contributed by atoms with Gasteiger partial charge in [-0.15, -0.1) is 0 Å². The van der Waals surface area contributed by atoms with Gasteiger partial charge >= 0.3 is 5.92 Å². The summed E-state index contributed by atoms with van der Waals surface area (Å²) in [5.74, 6) is -9.29. The highest BCUT2D eigenvalue weighted by Crippen LogP contribution is 2.38. The zero-order chi connectivity index (χ0) is 11.6. The number of alkyl halides is 7. The lowest BCUT2D eigenvalue weighted by Crippen LogP contribution is -2.44. The predicted molar refractivity (Wildman–Crippen MR) is 35.6 cm³/mol. The molecule has 84 valence electrons. The summed E-state index contributed by atoms with van der Waals surface area (Å²) in [6, 6.07) is 0. The minimum Gasteiger partial charge on any atom is -0.234 e. The van der Waals surface area contributed by atoms with E-state index in [2.05, 4.69) is 6.58 Å². The Morgan fingerprint density at radius 1 is 1.07 bits per heavy atom. The van der Waals surface area contributed by atoms with E-state index in [9.17, 15) is 30.7 Å². The highest BCUT2D eigenvalue weighted by atomic mass is 19.3. The molecule has 0 saturated carbocycles. The van der Waals surface area contributed by atoms with Crippen LogP contribution in [0.4, 0.5) is 30.7 Å². The van der Waals surface area contributed by atoms with E-state index in [0.717, 1.165) is 0 Å². The fourth-order valence-electron chi connectivity index (χ4n) is 0.694. The van der Waals surface area contributed by atoms with Gasteiger partial charge in [-0.1, -0.05) is 6.58 Å². The maximum absolute atomic E-state index is 12.4. The highest BCUT2D eigenvalue weighted by Gasteiger charge is 2.55. The van der Waals surface area contributed by atoms with E-state index >= 15 is 0 Å². The minimum atomic E-state index is -4.77. The Bertz CT molecular complexity index is 198. The van der Waals surface area contributed by atoms with Crippen LogP contribution in [0.1, 0.15) is 6.42 Å². The summed E-state index contributed by atoms with van der Waals surface area (Å²) in [5, 5.41) is 0. The molecule has 0 aliphatic carbocycles. The summed E-state index contributed by atoms with van der Waals surface area (Å²) in [7, 11) is 0. The second-order valence-corrected chi connectivity index (χ2v) is 2.60. The largest absolute Gasteiger partial charge is 0.302 e. The van der Waals surface area contributed by atoms with Crippen LogP contribution < -0.4 is 0 Å². The van der Waals surface area contributed by atoms with Crippen molar-refractivity contribution in [1.29, 1.82) is 0 Å². The molecule has 0 aromatic carbocycles. The number of hydrogen-bond acceptors (Lipinski definition) is 0.